The van der Waals surface area contributed by atoms with Crippen molar-refractivity contribution in [2.75, 3.05) is 25.6 Å². The molecular formula is C18H21N5O3. The number of H-pyrrole nitrogens is 1. The summed E-state index contributed by atoms with van der Waals surface area (Å²) in [7, 11) is 1.66. The predicted molar refractivity (Wildman–Crippen MR) is 96.1 cm³/mol. The van der Waals surface area contributed by atoms with E-state index in [1.54, 1.807) is 7.11 Å². The van der Waals surface area contributed by atoms with E-state index in [2.05, 4.69) is 20.5 Å². The summed E-state index contributed by atoms with van der Waals surface area (Å²) < 4.78 is 12.8. The SMILES string of the molecule is COCCn1cc(C(=O)Nc2n[nH]c([C@H]3CCCO3)n2)c2ccccc21. The highest BCUT2D eigenvalue weighted by Crippen LogP contribution is 2.26. The molecule has 1 atom stereocenters. The van der Waals surface area contributed by atoms with Crippen LogP contribution >= 0.6 is 0 Å². The molecule has 1 saturated heterocycles. The second-order valence-electron chi connectivity index (χ2n) is 6.25. The molecule has 0 bridgehead atoms. The van der Waals surface area contributed by atoms with Crippen LogP contribution in [-0.4, -0.2) is 46.0 Å². The fourth-order valence-electron chi connectivity index (χ4n) is 3.24. The molecule has 4 rings (SSSR count). The Morgan fingerprint density at radius 2 is 2.35 bits per heavy atom. The van der Waals surface area contributed by atoms with Crippen molar-refractivity contribution in [2.45, 2.75) is 25.5 Å². The zero-order valence-corrected chi connectivity index (χ0v) is 14.6. The highest BCUT2D eigenvalue weighted by atomic mass is 16.5. The Morgan fingerprint density at radius 3 is 3.15 bits per heavy atom. The molecule has 1 aliphatic rings. The van der Waals surface area contributed by atoms with Crippen LogP contribution in [0.4, 0.5) is 5.95 Å². The number of fused-ring (bicyclic) bond motifs is 1. The van der Waals surface area contributed by atoms with Crippen LogP contribution in [-0.2, 0) is 16.0 Å². The van der Waals surface area contributed by atoms with Crippen molar-refractivity contribution < 1.29 is 14.3 Å². The summed E-state index contributed by atoms with van der Waals surface area (Å²) in [6, 6.07) is 7.80. The third kappa shape index (κ3) is 3.21. The fourth-order valence-corrected chi connectivity index (χ4v) is 3.24. The minimum Gasteiger partial charge on any atom is -0.383 e. The van der Waals surface area contributed by atoms with E-state index in [1.165, 1.54) is 0 Å². The highest BCUT2D eigenvalue weighted by Gasteiger charge is 2.22. The normalized spacial score (nSPS) is 17.0. The van der Waals surface area contributed by atoms with E-state index >= 15 is 0 Å². The monoisotopic (exact) mass is 355 g/mol. The number of rotatable bonds is 6. The van der Waals surface area contributed by atoms with Crippen LogP contribution in [0, 0.1) is 0 Å². The summed E-state index contributed by atoms with van der Waals surface area (Å²) in [6.45, 7) is 1.98. The van der Waals surface area contributed by atoms with Crippen molar-refractivity contribution in [3.63, 3.8) is 0 Å². The number of aromatic nitrogens is 4. The van der Waals surface area contributed by atoms with Gasteiger partial charge in [-0.1, -0.05) is 18.2 Å². The van der Waals surface area contributed by atoms with Crippen LogP contribution < -0.4 is 5.32 Å². The zero-order valence-electron chi connectivity index (χ0n) is 14.6. The molecule has 1 aromatic carbocycles. The Balaban J connectivity index is 1.56. The number of carbonyl (C=O) groups excluding carboxylic acids is 1. The Morgan fingerprint density at radius 1 is 1.46 bits per heavy atom. The third-order valence-corrected chi connectivity index (χ3v) is 4.53. The van der Waals surface area contributed by atoms with Crippen LogP contribution in [0.3, 0.4) is 0 Å². The summed E-state index contributed by atoms with van der Waals surface area (Å²) in [5.74, 6) is 0.671. The fraction of sp³-hybridized carbons (Fsp3) is 0.389. The second-order valence-corrected chi connectivity index (χ2v) is 6.25. The number of benzene rings is 1. The van der Waals surface area contributed by atoms with E-state index in [-0.39, 0.29) is 18.0 Å². The number of para-hydroxylation sites is 1. The molecule has 0 saturated carbocycles. The predicted octanol–water partition coefficient (Wildman–Crippen LogP) is 2.51. The van der Waals surface area contributed by atoms with Gasteiger partial charge in [-0.3, -0.25) is 15.2 Å². The first kappa shape index (κ1) is 16.7. The Hall–Kier alpha value is -2.71. The van der Waals surface area contributed by atoms with Gasteiger partial charge in [0.05, 0.1) is 12.2 Å². The Bertz CT molecular complexity index is 911. The van der Waals surface area contributed by atoms with Gasteiger partial charge in [0.25, 0.3) is 5.91 Å². The Kier molecular flexibility index (Phi) is 4.68. The first-order valence-electron chi connectivity index (χ1n) is 8.68. The van der Waals surface area contributed by atoms with Gasteiger partial charge in [0.2, 0.25) is 5.95 Å². The molecule has 0 radical (unpaired) electrons. The number of aromatic amines is 1. The van der Waals surface area contributed by atoms with E-state index < -0.39 is 0 Å². The molecule has 26 heavy (non-hydrogen) atoms. The number of nitrogens with zero attached hydrogens (tertiary/aromatic N) is 3. The standard InChI is InChI=1S/C18H21N5O3/c1-25-10-8-23-11-13(12-5-2-3-6-14(12)23)17(24)20-18-19-16(21-22-18)15-7-4-9-26-15/h2-3,5-6,11,15H,4,7-10H2,1H3,(H2,19,20,21,22,24)/t15-/m1/s1. The summed E-state index contributed by atoms with van der Waals surface area (Å²) in [4.78, 5) is 17.1. The van der Waals surface area contributed by atoms with Crippen molar-refractivity contribution in [2.24, 2.45) is 0 Å². The van der Waals surface area contributed by atoms with Gasteiger partial charge >= 0.3 is 0 Å². The first-order valence-corrected chi connectivity index (χ1v) is 8.68. The smallest absolute Gasteiger partial charge is 0.260 e. The molecule has 8 nitrogen and oxygen atoms in total. The molecular weight excluding hydrogens is 334 g/mol. The first-order chi connectivity index (χ1) is 12.8. The van der Waals surface area contributed by atoms with E-state index in [9.17, 15) is 4.79 Å². The van der Waals surface area contributed by atoms with Crippen LogP contribution in [0.5, 0.6) is 0 Å². The lowest BCUT2D eigenvalue weighted by Crippen LogP contribution is -2.13. The minimum absolute atomic E-state index is 0.0656. The van der Waals surface area contributed by atoms with Gasteiger partial charge in [-0.15, -0.1) is 5.10 Å². The highest BCUT2D eigenvalue weighted by molar-refractivity contribution is 6.12. The number of nitrogens with one attached hydrogen (secondary N) is 2. The van der Waals surface area contributed by atoms with Crippen LogP contribution in [0.25, 0.3) is 10.9 Å². The van der Waals surface area contributed by atoms with Gasteiger partial charge in [-0.25, -0.2) is 0 Å². The summed E-state index contributed by atoms with van der Waals surface area (Å²) in [6.07, 6.45) is 3.69. The molecule has 2 aromatic heterocycles. The molecule has 3 heterocycles. The lowest BCUT2D eigenvalue weighted by molar-refractivity contribution is 0.102. The number of carbonyl (C=O) groups is 1. The van der Waals surface area contributed by atoms with E-state index in [4.69, 9.17) is 9.47 Å². The summed E-state index contributed by atoms with van der Waals surface area (Å²) in [5, 5.41) is 10.6. The van der Waals surface area contributed by atoms with Crippen molar-refractivity contribution in [3.8, 4) is 0 Å². The largest absolute Gasteiger partial charge is 0.383 e. The number of ether oxygens (including phenoxy) is 2. The quantitative estimate of drug-likeness (QED) is 0.708. The van der Waals surface area contributed by atoms with Gasteiger partial charge in [0.1, 0.15) is 6.10 Å². The number of hydrogen-bond donors (Lipinski definition) is 2. The summed E-state index contributed by atoms with van der Waals surface area (Å²) in [5.41, 5.74) is 1.57. The van der Waals surface area contributed by atoms with Gasteiger partial charge in [0.15, 0.2) is 5.82 Å². The van der Waals surface area contributed by atoms with Crippen LogP contribution in [0.1, 0.15) is 35.1 Å². The topological polar surface area (TPSA) is 94.1 Å². The van der Waals surface area contributed by atoms with Gasteiger partial charge in [0, 0.05) is 37.4 Å². The molecule has 136 valence electrons. The van der Waals surface area contributed by atoms with Crippen molar-refractivity contribution in [1.82, 2.24) is 19.7 Å². The lowest BCUT2D eigenvalue weighted by Gasteiger charge is -2.03. The maximum absolute atomic E-state index is 12.8. The minimum atomic E-state index is -0.241. The average Bonchev–Trinajstić information content (AvgIpc) is 3.39. The van der Waals surface area contributed by atoms with Crippen molar-refractivity contribution in [3.05, 3.63) is 41.9 Å². The third-order valence-electron chi connectivity index (χ3n) is 4.53. The molecule has 3 aromatic rings. The van der Waals surface area contributed by atoms with Gasteiger partial charge in [-0.2, -0.15) is 4.98 Å². The molecule has 1 fully saturated rings. The number of anilines is 1. The van der Waals surface area contributed by atoms with Crippen molar-refractivity contribution >= 4 is 22.8 Å². The van der Waals surface area contributed by atoms with E-state index in [1.807, 2.05) is 35.0 Å². The lowest BCUT2D eigenvalue weighted by atomic mass is 10.1. The molecule has 8 heteroatoms. The number of hydrogen-bond acceptors (Lipinski definition) is 5. The Labute approximate surface area is 150 Å². The second kappa shape index (κ2) is 7.27. The molecule has 0 aliphatic carbocycles. The molecule has 0 unspecified atom stereocenters. The van der Waals surface area contributed by atoms with E-state index in [0.29, 0.717) is 24.5 Å². The van der Waals surface area contributed by atoms with Crippen molar-refractivity contribution in [1.29, 1.82) is 0 Å². The van der Waals surface area contributed by atoms with Gasteiger partial charge in [-0.05, 0) is 18.9 Å². The maximum Gasteiger partial charge on any atom is 0.260 e. The maximum atomic E-state index is 12.8. The summed E-state index contributed by atoms with van der Waals surface area (Å²) >= 11 is 0. The molecule has 1 aliphatic heterocycles. The molecule has 1 amide bonds. The zero-order chi connectivity index (χ0) is 17.9. The average molecular weight is 355 g/mol. The van der Waals surface area contributed by atoms with E-state index in [0.717, 1.165) is 30.4 Å². The van der Waals surface area contributed by atoms with Crippen LogP contribution in [0.2, 0.25) is 0 Å². The number of amides is 1. The van der Waals surface area contributed by atoms with Crippen LogP contribution in [0.15, 0.2) is 30.5 Å². The van der Waals surface area contributed by atoms with Gasteiger partial charge < -0.3 is 14.0 Å². The molecule has 0 spiro atoms. The number of methoxy groups -OCH3 is 1. The molecule has 2 N–H and O–H groups in total.